The van der Waals surface area contributed by atoms with Gasteiger partial charge in [0.05, 0.1) is 29.1 Å². The molecule has 0 saturated heterocycles. The molecule has 0 bridgehead atoms. The third-order valence-corrected chi connectivity index (χ3v) is 6.07. The molecule has 2 N–H and O–H groups in total. The predicted octanol–water partition coefficient (Wildman–Crippen LogP) is 4.24. The number of rotatable bonds is 11. The van der Waals surface area contributed by atoms with E-state index in [4.69, 9.17) is 9.47 Å². The van der Waals surface area contributed by atoms with Crippen LogP contribution in [0.1, 0.15) is 31.4 Å². The minimum atomic E-state index is -1.77. The zero-order valence-electron chi connectivity index (χ0n) is 20.2. The van der Waals surface area contributed by atoms with E-state index in [1.165, 1.54) is 31.2 Å². The molecule has 194 valence electrons. The molecule has 1 amide bonds. The number of nitro benzene ring substituents is 1. The topological polar surface area (TPSA) is 157 Å². The molecular weight excluding hydrogens is 484 g/mol. The molecule has 0 fully saturated rings. The number of nitrogens with zero attached hydrogens (tertiary/aromatic N) is 2. The first-order chi connectivity index (χ1) is 17.7. The van der Waals surface area contributed by atoms with E-state index >= 15 is 0 Å². The van der Waals surface area contributed by atoms with E-state index in [2.05, 4.69) is 0 Å². The van der Waals surface area contributed by atoms with Gasteiger partial charge in [-0.1, -0.05) is 42.5 Å². The van der Waals surface area contributed by atoms with Crippen molar-refractivity contribution in [2.24, 2.45) is 0 Å². The fourth-order valence-corrected chi connectivity index (χ4v) is 4.60. The quantitative estimate of drug-likeness (QED) is 0.195. The summed E-state index contributed by atoms with van der Waals surface area (Å²) in [6.07, 6.45) is -1.42. The summed E-state index contributed by atoms with van der Waals surface area (Å²) in [5.41, 5.74) is -2.11. The van der Waals surface area contributed by atoms with Gasteiger partial charge in [0.1, 0.15) is 11.5 Å². The first-order valence-electron chi connectivity index (χ1n) is 11.4. The van der Waals surface area contributed by atoms with Crippen LogP contribution in [0.5, 0.6) is 0 Å². The number of hydrogen-bond acceptors (Lipinski definition) is 7. The number of ether oxygens (including phenoxy) is 2. The van der Waals surface area contributed by atoms with E-state index in [0.29, 0.717) is 4.90 Å². The number of non-ortho nitro benzene ring substituents is 1. The summed E-state index contributed by atoms with van der Waals surface area (Å²) in [6, 6.07) is 14.6. The first-order valence-corrected chi connectivity index (χ1v) is 11.4. The van der Waals surface area contributed by atoms with Crippen LogP contribution in [0.25, 0.3) is 0 Å². The highest BCUT2D eigenvalue weighted by atomic mass is 16.6. The number of nitro groups is 1. The Morgan fingerprint density at radius 3 is 2.41 bits per heavy atom. The molecule has 0 radical (unpaired) electrons. The summed E-state index contributed by atoms with van der Waals surface area (Å²) in [5, 5.41) is 31.7. The molecule has 37 heavy (non-hydrogen) atoms. The average Bonchev–Trinajstić information content (AvgIpc) is 2.87. The standard InChI is InChI=1S/C26H26N2O9/c1-3-37-23-21(15-29)27(25(32)33)17(2)22(24(30)31)26(23,19-10-7-11-20(14-19)28(34)35)12-13-36-16-18-8-5-4-6-9-18/h4-11,14-15H,3,12-13,16H2,1-2H3,(H,30,31)(H,32,33). The second-order valence-corrected chi connectivity index (χ2v) is 8.15. The highest BCUT2D eigenvalue weighted by Crippen LogP contribution is 2.50. The lowest BCUT2D eigenvalue weighted by Gasteiger charge is -2.43. The minimum absolute atomic E-state index is 0.0341. The SMILES string of the molecule is CCOC1=C(C=O)N(C(=O)O)C(C)=C(C(=O)O)C1(CCOCc1ccccc1)c1cccc([N+](=O)[O-])c1. The van der Waals surface area contributed by atoms with Crippen molar-refractivity contribution in [1.82, 2.24) is 4.90 Å². The first kappa shape index (κ1) is 27.1. The van der Waals surface area contributed by atoms with E-state index in [-0.39, 0.29) is 55.2 Å². The third-order valence-electron chi connectivity index (χ3n) is 6.07. The van der Waals surface area contributed by atoms with Crippen LogP contribution in [0.15, 0.2) is 77.3 Å². The maximum absolute atomic E-state index is 12.7. The van der Waals surface area contributed by atoms with E-state index in [1.807, 2.05) is 30.3 Å². The molecule has 11 nitrogen and oxygen atoms in total. The Bertz CT molecular complexity index is 1270. The Kier molecular flexibility index (Phi) is 8.41. The monoisotopic (exact) mass is 510 g/mol. The number of carbonyl (C=O) groups is 3. The van der Waals surface area contributed by atoms with Crippen molar-refractivity contribution >= 4 is 24.0 Å². The van der Waals surface area contributed by atoms with Crippen molar-refractivity contribution in [1.29, 1.82) is 0 Å². The zero-order valence-corrected chi connectivity index (χ0v) is 20.2. The van der Waals surface area contributed by atoms with Crippen LogP contribution in [0.2, 0.25) is 0 Å². The number of hydrogen-bond donors (Lipinski definition) is 2. The smallest absolute Gasteiger partial charge is 0.416 e. The summed E-state index contributed by atoms with van der Waals surface area (Å²) in [5.74, 6) is -1.71. The van der Waals surface area contributed by atoms with Gasteiger partial charge in [-0.3, -0.25) is 14.9 Å². The minimum Gasteiger partial charge on any atom is -0.495 e. The van der Waals surface area contributed by atoms with E-state index in [9.17, 15) is 34.7 Å². The van der Waals surface area contributed by atoms with Gasteiger partial charge in [-0.15, -0.1) is 0 Å². The second kappa shape index (κ2) is 11.5. The van der Waals surface area contributed by atoms with Crippen molar-refractivity contribution < 1.29 is 39.0 Å². The van der Waals surface area contributed by atoms with E-state index in [1.54, 1.807) is 6.92 Å². The van der Waals surface area contributed by atoms with E-state index in [0.717, 1.165) is 5.56 Å². The van der Waals surface area contributed by atoms with Gasteiger partial charge in [-0.2, -0.15) is 0 Å². The van der Waals surface area contributed by atoms with Crippen LogP contribution in [0.3, 0.4) is 0 Å². The number of benzene rings is 2. The van der Waals surface area contributed by atoms with Gasteiger partial charge < -0.3 is 19.7 Å². The molecule has 1 heterocycles. The molecule has 0 spiro atoms. The molecule has 0 aliphatic carbocycles. The fourth-order valence-electron chi connectivity index (χ4n) is 4.60. The predicted molar refractivity (Wildman–Crippen MR) is 130 cm³/mol. The number of aldehydes is 1. The maximum atomic E-state index is 12.7. The summed E-state index contributed by atoms with van der Waals surface area (Å²) >= 11 is 0. The van der Waals surface area contributed by atoms with Gasteiger partial charge in [0.25, 0.3) is 5.69 Å². The molecule has 0 aromatic heterocycles. The maximum Gasteiger partial charge on any atom is 0.416 e. The lowest BCUT2D eigenvalue weighted by Crippen LogP contribution is -2.47. The summed E-state index contributed by atoms with van der Waals surface area (Å²) in [7, 11) is 0. The molecule has 0 saturated carbocycles. The molecular formula is C26H26N2O9. The Morgan fingerprint density at radius 2 is 1.84 bits per heavy atom. The Hall–Kier alpha value is -4.51. The molecule has 1 aliphatic rings. The lowest BCUT2D eigenvalue weighted by atomic mass is 9.67. The number of carboxylic acid groups (broad SMARTS) is 2. The Morgan fingerprint density at radius 1 is 1.14 bits per heavy atom. The third kappa shape index (κ3) is 5.21. The van der Waals surface area contributed by atoms with Gasteiger partial charge in [-0.05, 0) is 31.4 Å². The molecule has 1 unspecified atom stereocenters. The van der Waals surface area contributed by atoms with Crippen LogP contribution in [-0.2, 0) is 31.1 Å². The van der Waals surface area contributed by atoms with Gasteiger partial charge in [0, 0.05) is 24.4 Å². The van der Waals surface area contributed by atoms with Crippen LogP contribution < -0.4 is 0 Å². The Balaban J connectivity index is 2.27. The van der Waals surface area contributed by atoms with Gasteiger partial charge in [0.2, 0.25) is 0 Å². The number of aliphatic carboxylic acids is 1. The van der Waals surface area contributed by atoms with Crippen molar-refractivity contribution in [3.8, 4) is 0 Å². The van der Waals surface area contributed by atoms with E-state index < -0.39 is 33.7 Å². The summed E-state index contributed by atoms with van der Waals surface area (Å²) in [4.78, 5) is 48.6. The van der Waals surface area contributed by atoms with Crippen LogP contribution in [0.4, 0.5) is 10.5 Å². The number of allylic oxidation sites excluding steroid dienone is 3. The van der Waals surface area contributed by atoms with Gasteiger partial charge in [-0.25, -0.2) is 14.5 Å². The largest absolute Gasteiger partial charge is 0.495 e. The summed E-state index contributed by atoms with van der Waals surface area (Å²) in [6.45, 7) is 2.98. The fraction of sp³-hybridized carbons (Fsp3) is 0.269. The highest BCUT2D eigenvalue weighted by Gasteiger charge is 2.53. The molecule has 2 aromatic carbocycles. The molecule has 3 rings (SSSR count). The zero-order chi connectivity index (χ0) is 27.2. The van der Waals surface area contributed by atoms with Crippen LogP contribution >= 0.6 is 0 Å². The number of carboxylic acids is 1. The normalized spacial score (nSPS) is 17.5. The average molecular weight is 510 g/mol. The second-order valence-electron chi connectivity index (χ2n) is 8.15. The number of amides is 1. The highest BCUT2D eigenvalue weighted by molar-refractivity contribution is 5.96. The van der Waals surface area contributed by atoms with Crippen molar-refractivity contribution in [3.63, 3.8) is 0 Å². The van der Waals surface area contributed by atoms with Gasteiger partial charge in [0.15, 0.2) is 6.29 Å². The van der Waals surface area contributed by atoms with Crippen molar-refractivity contribution in [2.75, 3.05) is 13.2 Å². The number of carbonyl (C=O) groups excluding carboxylic acids is 1. The molecule has 1 aliphatic heterocycles. The molecule has 2 aromatic rings. The van der Waals surface area contributed by atoms with Crippen molar-refractivity contribution in [3.05, 3.63) is 98.6 Å². The van der Waals surface area contributed by atoms with Gasteiger partial charge >= 0.3 is 12.1 Å². The molecule has 11 heteroatoms. The van der Waals surface area contributed by atoms with Crippen LogP contribution in [0, 0.1) is 10.1 Å². The van der Waals surface area contributed by atoms with Crippen molar-refractivity contribution in [2.45, 2.75) is 32.3 Å². The summed E-state index contributed by atoms with van der Waals surface area (Å²) < 4.78 is 11.6. The Labute approximate surface area is 212 Å². The lowest BCUT2D eigenvalue weighted by molar-refractivity contribution is -0.385. The molecule has 1 atom stereocenters. The van der Waals surface area contributed by atoms with Crippen LogP contribution in [-0.4, -0.2) is 51.6 Å².